The Hall–Kier alpha value is -1.71. The average Bonchev–Trinajstić information content (AvgIpc) is 2.43. The summed E-state index contributed by atoms with van der Waals surface area (Å²) in [7, 11) is 0. The fraction of sp³-hybridized carbons (Fsp3) is 0.267. The molecule has 3 nitrogen and oxygen atoms in total. The van der Waals surface area contributed by atoms with Gasteiger partial charge in [-0.3, -0.25) is 4.79 Å². The van der Waals surface area contributed by atoms with E-state index in [0.29, 0.717) is 6.42 Å². The number of carbonyl (C=O) groups excluding carboxylic acids is 1. The predicted octanol–water partition coefficient (Wildman–Crippen LogP) is 1.69. The van der Waals surface area contributed by atoms with Gasteiger partial charge in [0.2, 0.25) is 0 Å². The summed E-state index contributed by atoms with van der Waals surface area (Å²) in [6.07, 6.45) is -0.411. The summed E-state index contributed by atoms with van der Waals surface area (Å²) in [6.45, 7) is -0.503. The molecule has 2 aromatic rings. The van der Waals surface area contributed by atoms with Crippen molar-refractivity contribution in [3.63, 3.8) is 0 Å². The summed E-state index contributed by atoms with van der Waals surface area (Å²) < 4.78 is 0. The van der Waals surface area contributed by atoms with Gasteiger partial charge in [-0.1, -0.05) is 42.5 Å². The molecule has 0 fully saturated rings. The summed E-state index contributed by atoms with van der Waals surface area (Å²) in [5.74, 6) is -0.314. The lowest BCUT2D eigenvalue weighted by Gasteiger charge is -2.06. The van der Waals surface area contributed by atoms with Crippen LogP contribution in [-0.2, 0) is 11.2 Å². The maximum atomic E-state index is 11.4. The third-order valence-electron chi connectivity index (χ3n) is 3.02. The van der Waals surface area contributed by atoms with Crippen molar-refractivity contribution >= 4 is 16.6 Å². The number of Topliss-reactive ketones (excluding diaryl/α,β-unsaturated/α-hetero) is 1. The molecule has 0 heterocycles. The maximum absolute atomic E-state index is 11.4. The Labute approximate surface area is 106 Å². The van der Waals surface area contributed by atoms with Gasteiger partial charge in [0, 0.05) is 6.42 Å². The molecular weight excluding hydrogens is 228 g/mol. The Bertz CT molecular complexity index is 548. The minimum absolute atomic E-state index is 0.250. The lowest BCUT2D eigenvalue weighted by atomic mass is 10.0. The number of aliphatic hydroxyl groups excluding tert-OH is 2. The van der Waals surface area contributed by atoms with Gasteiger partial charge in [0.05, 0.1) is 6.61 Å². The second kappa shape index (κ2) is 5.76. The van der Waals surface area contributed by atoms with Crippen LogP contribution >= 0.6 is 0 Å². The Morgan fingerprint density at radius 1 is 1.11 bits per heavy atom. The van der Waals surface area contributed by atoms with Crippen LogP contribution in [0.2, 0.25) is 0 Å². The van der Waals surface area contributed by atoms with Crippen LogP contribution in [0.4, 0.5) is 0 Å². The molecule has 0 saturated carbocycles. The van der Waals surface area contributed by atoms with Crippen LogP contribution in [0.15, 0.2) is 42.5 Å². The number of rotatable bonds is 5. The van der Waals surface area contributed by atoms with E-state index in [1.54, 1.807) is 0 Å². The number of hydrogen-bond acceptors (Lipinski definition) is 3. The van der Waals surface area contributed by atoms with Crippen LogP contribution in [0, 0.1) is 0 Å². The number of fused-ring (bicyclic) bond motifs is 1. The van der Waals surface area contributed by atoms with Crippen molar-refractivity contribution in [1.29, 1.82) is 0 Å². The predicted molar refractivity (Wildman–Crippen MR) is 70.4 cm³/mol. The number of aryl methyl sites for hydroxylation is 1. The van der Waals surface area contributed by atoms with Gasteiger partial charge in [0.15, 0.2) is 5.78 Å². The molecule has 0 aliphatic heterocycles. The summed E-state index contributed by atoms with van der Waals surface area (Å²) in [4.78, 5) is 11.4. The normalized spacial score (nSPS) is 12.6. The minimum Gasteiger partial charge on any atom is -0.393 e. The summed E-state index contributed by atoms with van der Waals surface area (Å²) >= 11 is 0. The number of carbonyl (C=O) groups is 1. The number of aliphatic hydroxyl groups is 2. The average molecular weight is 244 g/mol. The van der Waals surface area contributed by atoms with Gasteiger partial charge in [0.25, 0.3) is 0 Å². The Morgan fingerprint density at radius 2 is 1.83 bits per heavy atom. The lowest BCUT2D eigenvalue weighted by molar-refractivity contribution is -0.128. The fourth-order valence-corrected chi connectivity index (χ4v) is 1.93. The van der Waals surface area contributed by atoms with E-state index in [1.165, 1.54) is 5.39 Å². The van der Waals surface area contributed by atoms with Crippen LogP contribution in [0.1, 0.15) is 12.0 Å². The van der Waals surface area contributed by atoms with Gasteiger partial charge in [-0.05, 0) is 22.8 Å². The van der Waals surface area contributed by atoms with Crippen LogP contribution in [-0.4, -0.2) is 28.7 Å². The van der Waals surface area contributed by atoms with Crippen molar-refractivity contribution < 1.29 is 15.0 Å². The first kappa shape index (κ1) is 12.7. The molecule has 1 unspecified atom stereocenters. The van der Waals surface area contributed by atoms with E-state index in [2.05, 4.69) is 0 Å². The SMILES string of the molecule is O=C(CCc1ccc2ccccc2c1)C(O)CO. The van der Waals surface area contributed by atoms with Crippen molar-refractivity contribution in [2.45, 2.75) is 18.9 Å². The minimum atomic E-state index is -1.24. The summed E-state index contributed by atoms with van der Waals surface area (Å²) in [5.41, 5.74) is 1.06. The molecule has 0 radical (unpaired) electrons. The van der Waals surface area contributed by atoms with Crippen molar-refractivity contribution in [2.75, 3.05) is 6.61 Å². The van der Waals surface area contributed by atoms with Crippen molar-refractivity contribution in [2.24, 2.45) is 0 Å². The third-order valence-corrected chi connectivity index (χ3v) is 3.02. The zero-order valence-corrected chi connectivity index (χ0v) is 10.0. The molecule has 0 bridgehead atoms. The Morgan fingerprint density at radius 3 is 2.56 bits per heavy atom. The monoisotopic (exact) mass is 244 g/mol. The van der Waals surface area contributed by atoms with E-state index in [-0.39, 0.29) is 12.2 Å². The standard InChI is InChI=1S/C15H16O3/c16-10-15(18)14(17)8-6-11-5-7-12-3-1-2-4-13(12)9-11/h1-5,7,9,15-16,18H,6,8,10H2. The zero-order chi connectivity index (χ0) is 13.0. The second-order valence-electron chi connectivity index (χ2n) is 4.35. The maximum Gasteiger partial charge on any atom is 0.163 e. The first-order valence-corrected chi connectivity index (χ1v) is 6.00. The highest BCUT2D eigenvalue weighted by Gasteiger charge is 2.13. The molecule has 0 saturated heterocycles. The van der Waals surface area contributed by atoms with E-state index < -0.39 is 12.7 Å². The van der Waals surface area contributed by atoms with Gasteiger partial charge in [-0.15, -0.1) is 0 Å². The molecule has 18 heavy (non-hydrogen) atoms. The number of hydrogen-bond donors (Lipinski definition) is 2. The van der Waals surface area contributed by atoms with Crippen molar-refractivity contribution in [3.8, 4) is 0 Å². The van der Waals surface area contributed by atoms with E-state index in [0.717, 1.165) is 10.9 Å². The fourth-order valence-electron chi connectivity index (χ4n) is 1.93. The zero-order valence-electron chi connectivity index (χ0n) is 10.0. The lowest BCUT2D eigenvalue weighted by Crippen LogP contribution is -2.24. The molecule has 0 aliphatic rings. The van der Waals surface area contributed by atoms with E-state index >= 15 is 0 Å². The van der Waals surface area contributed by atoms with Crippen molar-refractivity contribution in [3.05, 3.63) is 48.0 Å². The van der Waals surface area contributed by atoms with Crippen LogP contribution in [0.5, 0.6) is 0 Å². The van der Waals surface area contributed by atoms with Gasteiger partial charge in [0.1, 0.15) is 6.10 Å². The van der Waals surface area contributed by atoms with E-state index in [4.69, 9.17) is 5.11 Å². The van der Waals surface area contributed by atoms with Gasteiger partial charge in [-0.2, -0.15) is 0 Å². The Balaban J connectivity index is 2.06. The highest BCUT2D eigenvalue weighted by atomic mass is 16.3. The largest absolute Gasteiger partial charge is 0.393 e. The quantitative estimate of drug-likeness (QED) is 0.841. The first-order valence-electron chi connectivity index (χ1n) is 6.00. The summed E-state index contributed by atoms with van der Waals surface area (Å²) in [5, 5.41) is 20.2. The van der Waals surface area contributed by atoms with Crippen LogP contribution in [0.25, 0.3) is 10.8 Å². The number of ketones is 1. The highest BCUT2D eigenvalue weighted by molar-refractivity contribution is 5.84. The summed E-state index contributed by atoms with van der Waals surface area (Å²) in [6, 6.07) is 14.1. The smallest absolute Gasteiger partial charge is 0.163 e. The molecule has 2 N–H and O–H groups in total. The third kappa shape index (κ3) is 2.94. The molecule has 3 heteroatoms. The molecule has 2 aromatic carbocycles. The molecule has 0 aliphatic carbocycles. The molecular formula is C15H16O3. The number of benzene rings is 2. The molecule has 0 spiro atoms. The van der Waals surface area contributed by atoms with Gasteiger partial charge in [-0.25, -0.2) is 0 Å². The second-order valence-corrected chi connectivity index (χ2v) is 4.35. The van der Waals surface area contributed by atoms with Crippen LogP contribution < -0.4 is 0 Å². The van der Waals surface area contributed by atoms with E-state index in [1.807, 2.05) is 42.5 Å². The molecule has 94 valence electrons. The van der Waals surface area contributed by atoms with E-state index in [9.17, 15) is 9.90 Å². The van der Waals surface area contributed by atoms with Crippen LogP contribution in [0.3, 0.4) is 0 Å². The first-order chi connectivity index (χ1) is 8.70. The van der Waals surface area contributed by atoms with Crippen molar-refractivity contribution in [1.82, 2.24) is 0 Å². The molecule has 0 amide bonds. The molecule has 2 rings (SSSR count). The molecule has 0 aromatic heterocycles. The topological polar surface area (TPSA) is 57.5 Å². The molecule has 1 atom stereocenters. The Kier molecular flexibility index (Phi) is 4.07. The van der Waals surface area contributed by atoms with Gasteiger partial charge >= 0.3 is 0 Å². The van der Waals surface area contributed by atoms with Gasteiger partial charge < -0.3 is 10.2 Å². The highest BCUT2D eigenvalue weighted by Crippen LogP contribution is 2.16.